The fourth-order valence-corrected chi connectivity index (χ4v) is 3.29. The van der Waals surface area contributed by atoms with E-state index >= 15 is 0 Å². The zero-order valence-electron chi connectivity index (χ0n) is 15.6. The van der Waals surface area contributed by atoms with Crippen molar-refractivity contribution in [1.29, 1.82) is 0 Å². The van der Waals surface area contributed by atoms with Gasteiger partial charge >= 0.3 is 5.97 Å². The van der Waals surface area contributed by atoms with E-state index in [4.69, 9.17) is 4.74 Å². The number of ether oxygens (including phenoxy) is 1. The van der Waals surface area contributed by atoms with E-state index in [0.717, 1.165) is 23.4 Å². The predicted molar refractivity (Wildman–Crippen MR) is 103 cm³/mol. The number of benzene rings is 2. The van der Waals surface area contributed by atoms with Gasteiger partial charge in [0.05, 0.1) is 5.56 Å². The van der Waals surface area contributed by atoms with Gasteiger partial charge in [-0.2, -0.15) is 0 Å². The molecule has 1 aliphatic rings. The predicted octanol–water partition coefficient (Wildman–Crippen LogP) is 3.28. The van der Waals surface area contributed by atoms with E-state index in [1.807, 2.05) is 56.3 Å². The van der Waals surface area contributed by atoms with Crippen molar-refractivity contribution in [3.8, 4) is 0 Å². The van der Waals surface area contributed by atoms with Crippen LogP contribution in [0.4, 0.5) is 11.4 Å². The number of anilines is 2. The van der Waals surface area contributed by atoms with Crippen LogP contribution in [-0.2, 0) is 16.0 Å². The molecule has 2 aromatic carbocycles. The van der Waals surface area contributed by atoms with Crippen LogP contribution < -0.4 is 9.80 Å². The Morgan fingerprint density at radius 2 is 1.88 bits per heavy atom. The Morgan fingerprint density at radius 3 is 2.62 bits per heavy atom. The van der Waals surface area contributed by atoms with Gasteiger partial charge in [0.2, 0.25) is 0 Å². The second kappa shape index (κ2) is 7.20. The number of nitrogens with zero attached hydrogens (tertiary/aromatic N) is 2. The molecule has 5 nitrogen and oxygen atoms in total. The van der Waals surface area contributed by atoms with Crippen LogP contribution in [0.3, 0.4) is 0 Å². The number of fused-ring (bicyclic) bond motifs is 1. The lowest BCUT2D eigenvalue weighted by Crippen LogP contribution is -2.43. The molecule has 0 spiro atoms. The maximum atomic E-state index is 12.9. The summed E-state index contributed by atoms with van der Waals surface area (Å²) in [5.74, 6) is -0.686. The molecule has 0 radical (unpaired) electrons. The van der Waals surface area contributed by atoms with E-state index < -0.39 is 12.1 Å². The normalized spacial score (nSPS) is 16.8. The fraction of sp³-hybridized carbons (Fsp3) is 0.333. The molecule has 0 aromatic heterocycles. The second-order valence-electron chi connectivity index (χ2n) is 6.88. The Balaban J connectivity index is 1.74. The molecule has 136 valence electrons. The van der Waals surface area contributed by atoms with Gasteiger partial charge in [0.1, 0.15) is 0 Å². The van der Waals surface area contributed by atoms with E-state index in [-0.39, 0.29) is 11.9 Å². The molecule has 1 amide bonds. The monoisotopic (exact) mass is 352 g/mol. The zero-order chi connectivity index (χ0) is 18.8. The van der Waals surface area contributed by atoms with Gasteiger partial charge in [-0.25, -0.2) is 4.79 Å². The van der Waals surface area contributed by atoms with Crippen LogP contribution >= 0.6 is 0 Å². The van der Waals surface area contributed by atoms with Crippen molar-refractivity contribution < 1.29 is 14.3 Å². The molecule has 26 heavy (non-hydrogen) atoms. The molecule has 0 bridgehead atoms. The third kappa shape index (κ3) is 3.43. The van der Waals surface area contributed by atoms with Gasteiger partial charge < -0.3 is 14.5 Å². The van der Waals surface area contributed by atoms with Crippen molar-refractivity contribution in [3.63, 3.8) is 0 Å². The Hall–Kier alpha value is -2.82. The maximum Gasteiger partial charge on any atom is 0.338 e. The summed E-state index contributed by atoms with van der Waals surface area (Å²) in [6.07, 6.45) is -0.0351. The minimum Gasteiger partial charge on any atom is -0.449 e. The molecule has 0 unspecified atom stereocenters. The molecule has 0 aliphatic carbocycles. The third-order valence-electron chi connectivity index (χ3n) is 4.67. The van der Waals surface area contributed by atoms with E-state index in [2.05, 4.69) is 0 Å². The van der Waals surface area contributed by atoms with Crippen LogP contribution in [0.2, 0.25) is 0 Å². The van der Waals surface area contributed by atoms with Gasteiger partial charge in [0, 0.05) is 31.5 Å². The van der Waals surface area contributed by atoms with Crippen LogP contribution in [0.5, 0.6) is 0 Å². The molecule has 0 fully saturated rings. The Labute approximate surface area is 154 Å². The van der Waals surface area contributed by atoms with Crippen molar-refractivity contribution >= 4 is 23.3 Å². The molecule has 2 atom stereocenters. The summed E-state index contributed by atoms with van der Waals surface area (Å²) >= 11 is 0. The quantitative estimate of drug-likeness (QED) is 0.793. The lowest BCUT2D eigenvalue weighted by atomic mass is 10.1. The molecule has 0 N–H and O–H groups in total. The first kappa shape index (κ1) is 18.0. The molecule has 0 saturated heterocycles. The SMILES string of the molecule is C[C@@H](OC(=O)c1cccc(N(C)C)c1)C(=O)N1c2ccccc2C[C@@H]1C. The van der Waals surface area contributed by atoms with Crippen LogP contribution in [0.1, 0.15) is 29.8 Å². The summed E-state index contributed by atoms with van der Waals surface area (Å²) in [4.78, 5) is 29.0. The summed E-state index contributed by atoms with van der Waals surface area (Å²) in [6, 6.07) is 15.1. The van der Waals surface area contributed by atoms with Crippen LogP contribution in [0.25, 0.3) is 0 Å². The number of amides is 1. The first-order chi connectivity index (χ1) is 12.4. The van der Waals surface area contributed by atoms with Gasteiger partial charge in [-0.05, 0) is 50.1 Å². The first-order valence-electron chi connectivity index (χ1n) is 8.78. The standard InChI is InChI=1S/C21H24N2O3/c1-14-12-16-8-5-6-11-19(16)23(14)20(24)15(2)26-21(25)17-9-7-10-18(13-17)22(3)4/h5-11,13-15H,12H2,1-4H3/t14-,15+/m0/s1. The summed E-state index contributed by atoms with van der Waals surface area (Å²) in [5, 5.41) is 0. The Kier molecular flexibility index (Phi) is 4.98. The third-order valence-corrected chi connectivity index (χ3v) is 4.67. The van der Waals surface area contributed by atoms with Crippen molar-refractivity contribution in [2.75, 3.05) is 23.9 Å². The zero-order valence-corrected chi connectivity index (χ0v) is 15.6. The average Bonchev–Trinajstić information content (AvgIpc) is 2.96. The summed E-state index contributed by atoms with van der Waals surface area (Å²) < 4.78 is 5.46. The van der Waals surface area contributed by atoms with Crippen molar-refractivity contribution in [3.05, 3.63) is 59.7 Å². The molecule has 1 heterocycles. The highest BCUT2D eigenvalue weighted by molar-refractivity contribution is 6.01. The fourth-order valence-electron chi connectivity index (χ4n) is 3.29. The molecular formula is C21H24N2O3. The minimum atomic E-state index is -0.848. The molecular weight excluding hydrogens is 328 g/mol. The van der Waals surface area contributed by atoms with E-state index in [1.165, 1.54) is 0 Å². The number of rotatable bonds is 4. The van der Waals surface area contributed by atoms with Crippen LogP contribution in [-0.4, -0.2) is 38.1 Å². The number of carbonyl (C=O) groups excluding carboxylic acids is 2. The number of para-hydroxylation sites is 1. The summed E-state index contributed by atoms with van der Waals surface area (Å²) in [5.41, 5.74) is 3.39. The van der Waals surface area contributed by atoms with Crippen LogP contribution in [0, 0.1) is 0 Å². The Morgan fingerprint density at radius 1 is 1.15 bits per heavy atom. The number of carbonyl (C=O) groups is 2. The van der Waals surface area contributed by atoms with E-state index in [1.54, 1.807) is 30.0 Å². The molecule has 2 aromatic rings. The topological polar surface area (TPSA) is 49.9 Å². The maximum absolute atomic E-state index is 12.9. The first-order valence-corrected chi connectivity index (χ1v) is 8.78. The second-order valence-corrected chi connectivity index (χ2v) is 6.88. The molecule has 1 aliphatic heterocycles. The van der Waals surface area contributed by atoms with Gasteiger partial charge in [-0.3, -0.25) is 4.79 Å². The summed E-state index contributed by atoms with van der Waals surface area (Å²) in [6.45, 7) is 3.64. The highest BCUT2D eigenvalue weighted by Crippen LogP contribution is 2.32. The van der Waals surface area contributed by atoms with Crippen LogP contribution in [0.15, 0.2) is 48.5 Å². The molecule has 5 heteroatoms. The van der Waals surface area contributed by atoms with E-state index in [0.29, 0.717) is 5.56 Å². The van der Waals surface area contributed by atoms with Gasteiger partial charge in [0.25, 0.3) is 5.91 Å². The minimum absolute atomic E-state index is 0.0538. The number of esters is 1. The lowest BCUT2D eigenvalue weighted by molar-refractivity contribution is -0.126. The van der Waals surface area contributed by atoms with Gasteiger partial charge in [0.15, 0.2) is 6.10 Å². The Bertz CT molecular complexity index is 832. The number of hydrogen-bond donors (Lipinski definition) is 0. The highest BCUT2D eigenvalue weighted by Gasteiger charge is 2.34. The average molecular weight is 352 g/mol. The smallest absolute Gasteiger partial charge is 0.338 e. The lowest BCUT2D eigenvalue weighted by Gasteiger charge is -2.26. The van der Waals surface area contributed by atoms with Crippen molar-refractivity contribution in [2.24, 2.45) is 0 Å². The van der Waals surface area contributed by atoms with Crippen molar-refractivity contribution in [1.82, 2.24) is 0 Å². The van der Waals surface area contributed by atoms with Crippen molar-refractivity contribution in [2.45, 2.75) is 32.4 Å². The van der Waals surface area contributed by atoms with E-state index in [9.17, 15) is 9.59 Å². The van der Waals surface area contributed by atoms with Gasteiger partial charge in [-0.15, -0.1) is 0 Å². The largest absolute Gasteiger partial charge is 0.449 e. The summed E-state index contributed by atoms with van der Waals surface area (Å²) in [7, 11) is 3.81. The highest BCUT2D eigenvalue weighted by atomic mass is 16.5. The molecule has 0 saturated carbocycles. The molecule has 3 rings (SSSR count). The number of hydrogen-bond acceptors (Lipinski definition) is 4. The van der Waals surface area contributed by atoms with Gasteiger partial charge in [-0.1, -0.05) is 24.3 Å².